The van der Waals surface area contributed by atoms with E-state index in [9.17, 15) is 14.7 Å². The molecule has 2 saturated heterocycles. The minimum absolute atomic E-state index is 0.00949. The molecule has 0 unspecified atom stereocenters. The Hall–Kier alpha value is -3.07. The monoisotopic (exact) mass is 500 g/mol. The normalized spacial score (nSPS) is 20.3. The highest BCUT2D eigenvalue weighted by Crippen LogP contribution is 2.44. The van der Waals surface area contributed by atoms with Gasteiger partial charge in [0.15, 0.2) is 0 Å². The number of halogens is 1. The van der Waals surface area contributed by atoms with Crippen molar-refractivity contribution < 1.29 is 28.9 Å². The van der Waals surface area contributed by atoms with Gasteiger partial charge in [-0.25, -0.2) is 0 Å². The van der Waals surface area contributed by atoms with Gasteiger partial charge in [-0.2, -0.15) is 0 Å². The Bertz CT molecular complexity index is 1110. The average molecular weight is 501 g/mol. The first-order valence-electron chi connectivity index (χ1n) is 11.5. The van der Waals surface area contributed by atoms with Crippen molar-refractivity contribution in [3.05, 3.63) is 64.2 Å². The van der Waals surface area contributed by atoms with E-state index in [0.717, 1.165) is 19.6 Å². The van der Waals surface area contributed by atoms with E-state index in [1.54, 1.807) is 49.6 Å². The zero-order valence-electron chi connectivity index (χ0n) is 19.8. The summed E-state index contributed by atoms with van der Waals surface area (Å²) in [5.74, 6) is -0.620. The topological polar surface area (TPSA) is 88.5 Å². The number of benzene rings is 2. The molecule has 1 atom stereocenters. The maximum atomic E-state index is 13.3. The van der Waals surface area contributed by atoms with E-state index in [4.69, 9.17) is 25.8 Å². The van der Waals surface area contributed by atoms with Gasteiger partial charge >= 0.3 is 0 Å². The largest absolute Gasteiger partial charge is 0.507 e. The van der Waals surface area contributed by atoms with Crippen LogP contribution in [0.3, 0.4) is 0 Å². The molecular formula is C26H29ClN2O6. The van der Waals surface area contributed by atoms with Crippen LogP contribution in [0.1, 0.15) is 23.6 Å². The first-order valence-corrected chi connectivity index (χ1v) is 11.9. The van der Waals surface area contributed by atoms with Crippen LogP contribution in [0.4, 0.5) is 0 Å². The predicted octanol–water partition coefficient (Wildman–Crippen LogP) is 3.50. The number of methoxy groups -OCH3 is 2. The summed E-state index contributed by atoms with van der Waals surface area (Å²) < 4.78 is 16.4. The molecule has 9 heteroatoms. The number of morpholine rings is 1. The fourth-order valence-corrected chi connectivity index (χ4v) is 4.67. The number of ether oxygens (including phenoxy) is 3. The number of hydrogen-bond donors (Lipinski definition) is 1. The summed E-state index contributed by atoms with van der Waals surface area (Å²) >= 11 is 6.00. The molecule has 1 amide bonds. The molecule has 0 spiro atoms. The van der Waals surface area contributed by atoms with Crippen LogP contribution in [0.25, 0.3) is 5.76 Å². The van der Waals surface area contributed by atoms with E-state index < -0.39 is 17.7 Å². The number of nitrogens with zero attached hydrogens (tertiary/aromatic N) is 2. The Morgan fingerprint density at radius 3 is 2.43 bits per heavy atom. The molecule has 4 rings (SSSR count). The number of hydrogen-bond acceptors (Lipinski definition) is 7. The van der Waals surface area contributed by atoms with Crippen LogP contribution in [0.2, 0.25) is 5.02 Å². The third kappa shape index (κ3) is 5.29. The number of ketones is 1. The van der Waals surface area contributed by atoms with Crippen molar-refractivity contribution in [2.24, 2.45) is 0 Å². The highest BCUT2D eigenvalue weighted by molar-refractivity contribution is 6.46. The van der Waals surface area contributed by atoms with Crippen molar-refractivity contribution in [1.82, 2.24) is 9.80 Å². The Morgan fingerprint density at radius 1 is 1.06 bits per heavy atom. The Labute approximate surface area is 209 Å². The fourth-order valence-electron chi connectivity index (χ4n) is 4.54. The second-order valence-electron chi connectivity index (χ2n) is 8.41. The molecular weight excluding hydrogens is 472 g/mol. The number of likely N-dealkylation sites (tertiary alicyclic amines) is 1. The summed E-state index contributed by atoms with van der Waals surface area (Å²) in [7, 11) is 3.06. The molecule has 0 bridgehead atoms. The first kappa shape index (κ1) is 25.0. The number of amides is 1. The second kappa shape index (κ2) is 11.1. The number of carbonyl (C=O) groups excluding carboxylic acids is 2. The van der Waals surface area contributed by atoms with Gasteiger partial charge in [-0.3, -0.25) is 14.5 Å². The molecule has 2 aliphatic rings. The van der Waals surface area contributed by atoms with Crippen molar-refractivity contribution in [1.29, 1.82) is 0 Å². The number of Topliss-reactive ketones (excluding diaryl/α,β-unsaturated/α-hetero) is 1. The molecule has 0 radical (unpaired) electrons. The molecule has 0 aliphatic carbocycles. The van der Waals surface area contributed by atoms with E-state index in [-0.39, 0.29) is 11.3 Å². The summed E-state index contributed by atoms with van der Waals surface area (Å²) in [5.41, 5.74) is 0.968. The maximum absolute atomic E-state index is 13.3. The molecule has 2 heterocycles. The minimum atomic E-state index is -0.833. The first-order chi connectivity index (χ1) is 16.9. The van der Waals surface area contributed by atoms with Gasteiger partial charge in [-0.05, 0) is 48.9 Å². The van der Waals surface area contributed by atoms with E-state index >= 15 is 0 Å². The van der Waals surface area contributed by atoms with Crippen molar-refractivity contribution in [2.45, 2.75) is 12.5 Å². The Balaban J connectivity index is 1.75. The standard InChI is InChI=1S/C26H29ClN2O6/c1-33-19-8-9-21(34-2)20(16-19)23-22(24(30)17-4-6-18(27)7-5-17)25(31)26(32)29(23)11-3-10-28-12-14-35-15-13-28/h4-9,16,23,30H,3,10-15H2,1-2H3/b24-22+/t23-/m1/s1. The van der Waals surface area contributed by atoms with Gasteiger partial charge < -0.3 is 24.2 Å². The second-order valence-corrected chi connectivity index (χ2v) is 8.85. The van der Waals surface area contributed by atoms with Gasteiger partial charge in [0.05, 0.1) is 39.0 Å². The molecule has 0 saturated carbocycles. The van der Waals surface area contributed by atoms with Gasteiger partial charge in [0.2, 0.25) is 0 Å². The van der Waals surface area contributed by atoms with Crippen LogP contribution >= 0.6 is 11.6 Å². The Morgan fingerprint density at radius 2 is 1.77 bits per heavy atom. The van der Waals surface area contributed by atoms with Crippen LogP contribution in [0.15, 0.2) is 48.0 Å². The number of aliphatic hydroxyl groups is 1. The molecule has 35 heavy (non-hydrogen) atoms. The van der Waals surface area contributed by atoms with E-state index in [1.165, 1.54) is 12.0 Å². The molecule has 2 aromatic carbocycles. The van der Waals surface area contributed by atoms with Crippen LogP contribution in [-0.4, -0.2) is 80.2 Å². The van der Waals surface area contributed by atoms with Gasteiger partial charge in [0, 0.05) is 42.3 Å². The number of carbonyl (C=O) groups is 2. The fraction of sp³-hybridized carbons (Fsp3) is 0.385. The van der Waals surface area contributed by atoms with Crippen LogP contribution in [-0.2, 0) is 14.3 Å². The lowest BCUT2D eigenvalue weighted by Crippen LogP contribution is -2.39. The lowest BCUT2D eigenvalue weighted by atomic mass is 9.94. The number of rotatable bonds is 8. The zero-order chi connectivity index (χ0) is 24.9. The predicted molar refractivity (Wildman–Crippen MR) is 132 cm³/mol. The quantitative estimate of drug-likeness (QED) is 0.337. The molecule has 186 valence electrons. The summed E-state index contributed by atoms with van der Waals surface area (Å²) in [5, 5.41) is 11.7. The van der Waals surface area contributed by atoms with Gasteiger partial charge in [-0.1, -0.05) is 11.6 Å². The summed E-state index contributed by atoms with van der Waals surface area (Å²) in [6.45, 7) is 4.15. The summed E-state index contributed by atoms with van der Waals surface area (Å²) in [6.07, 6.45) is 0.663. The lowest BCUT2D eigenvalue weighted by molar-refractivity contribution is -0.140. The van der Waals surface area contributed by atoms with Gasteiger partial charge in [0.25, 0.3) is 11.7 Å². The van der Waals surface area contributed by atoms with Crippen molar-refractivity contribution >= 4 is 29.1 Å². The van der Waals surface area contributed by atoms with Crippen molar-refractivity contribution in [3.8, 4) is 11.5 Å². The average Bonchev–Trinajstić information content (AvgIpc) is 3.14. The molecule has 1 N–H and O–H groups in total. The maximum Gasteiger partial charge on any atom is 0.295 e. The molecule has 8 nitrogen and oxygen atoms in total. The number of aliphatic hydroxyl groups excluding tert-OH is 1. The minimum Gasteiger partial charge on any atom is -0.507 e. The van der Waals surface area contributed by atoms with Crippen LogP contribution in [0.5, 0.6) is 11.5 Å². The highest BCUT2D eigenvalue weighted by atomic mass is 35.5. The van der Waals surface area contributed by atoms with Gasteiger partial charge in [-0.15, -0.1) is 0 Å². The van der Waals surface area contributed by atoms with E-state index in [1.807, 2.05) is 0 Å². The van der Waals surface area contributed by atoms with Crippen molar-refractivity contribution in [2.75, 3.05) is 53.6 Å². The summed E-state index contributed by atoms with van der Waals surface area (Å²) in [4.78, 5) is 30.3. The zero-order valence-corrected chi connectivity index (χ0v) is 20.6. The SMILES string of the molecule is COc1ccc(OC)c([C@@H]2/C(=C(\O)c3ccc(Cl)cc3)C(=O)C(=O)N2CCCN2CCOCC2)c1. The highest BCUT2D eigenvalue weighted by Gasteiger charge is 2.47. The molecule has 0 aromatic heterocycles. The molecule has 2 aromatic rings. The third-order valence-corrected chi connectivity index (χ3v) is 6.62. The van der Waals surface area contributed by atoms with E-state index in [2.05, 4.69) is 4.90 Å². The third-order valence-electron chi connectivity index (χ3n) is 6.37. The lowest BCUT2D eigenvalue weighted by Gasteiger charge is -2.29. The smallest absolute Gasteiger partial charge is 0.295 e. The summed E-state index contributed by atoms with van der Waals surface area (Å²) in [6, 6.07) is 10.8. The van der Waals surface area contributed by atoms with Gasteiger partial charge in [0.1, 0.15) is 17.3 Å². The molecule has 2 fully saturated rings. The van der Waals surface area contributed by atoms with Crippen LogP contribution < -0.4 is 9.47 Å². The van der Waals surface area contributed by atoms with Crippen molar-refractivity contribution in [3.63, 3.8) is 0 Å². The van der Waals surface area contributed by atoms with E-state index in [0.29, 0.717) is 53.8 Å². The Kier molecular flexibility index (Phi) is 7.95. The van der Waals surface area contributed by atoms with Crippen LogP contribution in [0, 0.1) is 0 Å². The molecule has 2 aliphatic heterocycles.